The molecule has 1 aliphatic heterocycles. The number of ether oxygens (including phenoxy) is 3. The zero-order valence-corrected chi connectivity index (χ0v) is 36.8. The topological polar surface area (TPSA) is 255 Å². The molecular weight excluding hydrogens is 759 g/mol. The van der Waals surface area contributed by atoms with Crippen LogP contribution in [0.3, 0.4) is 0 Å². The number of esters is 1. The van der Waals surface area contributed by atoms with Crippen molar-refractivity contribution in [3.8, 4) is 0 Å². The number of carbonyl (C=O) groups is 2. The Bertz CT molecular complexity index is 1490. The molecule has 4 aliphatic carbocycles. The van der Waals surface area contributed by atoms with Crippen LogP contribution in [0.15, 0.2) is 12.2 Å². The van der Waals surface area contributed by atoms with Crippen molar-refractivity contribution >= 4 is 32.7 Å². The predicted molar refractivity (Wildman–Crippen MR) is 158 cm³/mol. The Kier molecular flexibility index (Phi) is 15.9. The van der Waals surface area contributed by atoms with E-state index in [1.165, 1.54) is 0 Å². The first kappa shape index (κ1) is 45.9. The van der Waals surface area contributed by atoms with Crippen LogP contribution in [0, 0.1) is 40.4 Å². The molecule has 5 rings (SSSR count). The van der Waals surface area contributed by atoms with Gasteiger partial charge in [-0.25, -0.2) is 12.6 Å². The second-order valence-corrected chi connectivity index (χ2v) is 16.8. The van der Waals surface area contributed by atoms with Gasteiger partial charge in [0.2, 0.25) is 10.4 Å². The van der Waals surface area contributed by atoms with Crippen LogP contribution in [0.25, 0.3) is 0 Å². The maximum atomic E-state index is 12.9. The van der Waals surface area contributed by atoms with E-state index in [1.54, 1.807) is 13.8 Å². The molecule has 2 bridgehead atoms. The van der Waals surface area contributed by atoms with Gasteiger partial charge in [-0.1, -0.05) is 27.4 Å². The van der Waals surface area contributed by atoms with Crippen LogP contribution in [0.4, 0.5) is 0 Å². The quantitative estimate of drug-likeness (QED) is 0.0439. The first-order chi connectivity index (χ1) is 22.2. The number of carbonyl (C=O) groups excluding carboxylic acids is 2. The summed E-state index contributed by atoms with van der Waals surface area (Å²) in [5.74, 6) is -3.79. The van der Waals surface area contributed by atoms with E-state index in [0.29, 0.717) is 12.8 Å². The largest absolute Gasteiger partial charge is 1.00 e. The van der Waals surface area contributed by atoms with Crippen LogP contribution in [0.5, 0.6) is 0 Å². The third-order valence-electron chi connectivity index (χ3n) is 11.5. The summed E-state index contributed by atoms with van der Waals surface area (Å²) in [6.45, 7) is 8.40. The Morgan fingerprint density at radius 3 is 2.28 bits per heavy atom. The first-order valence-electron chi connectivity index (χ1n) is 16.2. The van der Waals surface area contributed by atoms with Crippen LogP contribution in [0.2, 0.25) is 0 Å². The molecule has 50 heavy (non-hydrogen) atoms. The molecule has 0 amide bonds. The molecule has 3 N–H and O–H groups in total. The minimum absolute atomic E-state index is 0. The number of hydrogen-bond donors (Lipinski definition) is 3. The SMILES string of the molecule is C=C1C2CC[C@H]3[C@]4(C)C[C@H](O[C@H]5O[C@H](CO)[C@@H](OS(=O)(=O)[O-])[C@H](OS(=O)(=O)O)[C@H]5OC(=O)CC(C)C)C[C@@H](C(=O)[O-])[C@H]4CC[C@]3(C2)[C@H]1O.[K+].[K+]. The molecule has 13 atom stereocenters. The van der Waals surface area contributed by atoms with Crippen LogP contribution < -0.4 is 108 Å². The molecule has 20 heteroatoms. The number of hydrogen-bond acceptors (Lipinski definition) is 15. The first-order valence-corrected chi connectivity index (χ1v) is 18.9. The van der Waals surface area contributed by atoms with E-state index in [9.17, 15) is 50.8 Å². The third kappa shape index (κ3) is 9.55. The van der Waals surface area contributed by atoms with E-state index in [-0.39, 0.29) is 146 Å². The van der Waals surface area contributed by atoms with Crippen molar-refractivity contribution in [2.75, 3.05) is 6.61 Å². The number of fused-ring (bicyclic) bond motifs is 3. The molecule has 1 saturated heterocycles. The molecular formula is C30H44K2O16S2. The van der Waals surface area contributed by atoms with Gasteiger partial charge in [0.1, 0.15) is 12.2 Å². The second-order valence-electron chi connectivity index (χ2n) is 14.8. The van der Waals surface area contributed by atoms with Crippen LogP contribution in [-0.4, -0.2) is 97.6 Å². The molecule has 1 spiro atoms. The Balaban J connectivity index is 0.00000338. The monoisotopic (exact) mass is 802 g/mol. The van der Waals surface area contributed by atoms with E-state index in [4.69, 9.17) is 18.4 Å². The van der Waals surface area contributed by atoms with Crippen molar-refractivity contribution in [1.29, 1.82) is 0 Å². The third-order valence-corrected chi connectivity index (χ3v) is 12.4. The van der Waals surface area contributed by atoms with E-state index in [0.717, 1.165) is 24.8 Å². The molecule has 0 radical (unpaired) electrons. The standard InChI is InChI=1S/C30H46O16S2.2K/c1-14(2)9-22(32)44-25-24(46-48(39,40)41)23(45-47(36,37)38)20(13-31)43-28(25)42-17-10-18(27(34)35)19-7-8-30-11-16(15(3)26(30)33)5-6-21(30)29(19,4)12-17;;/h14,16-21,23-26,28,31,33H,3,5-13H2,1-2,4H3,(H,34,35)(H,36,37,38)(H,39,40,41);;/q;2*+1/p-2/t16?,17-,18-,19-,20-,21+,23-,24+,25-,26+,28+,29-,30-;;/m1../s1. The van der Waals surface area contributed by atoms with Gasteiger partial charge in [0.25, 0.3) is 0 Å². The number of aliphatic carboxylic acids is 1. The zero-order valence-electron chi connectivity index (χ0n) is 29.0. The van der Waals surface area contributed by atoms with Crippen molar-refractivity contribution in [2.45, 2.75) is 115 Å². The maximum absolute atomic E-state index is 12.9. The fraction of sp³-hybridized carbons (Fsp3) is 0.867. The average molecular weight is 803 g/mol. The van der Waals surface area contributed by atoms with Gasteiger partial charge < -0.3 is 38.9 Å². The molecule has 5 fully saturated rings. The Hall–Kier alpha value is 1.53. The second kappa shape index (κ2) is 17.4. The Morgan fingerprint density at radius 2 is 1.72 bits per heavy atom. The molecule has 0 aromatic heterocycles. The van der Waals surface area contributed by atoms with Gasteiger partial charge in [-0.2, -0.15) is 8.42 Å². The summed E-state index contributed by atoms with van der Waals surface area (Å²) in [4.78, 5) is 25.5. The number of rotatable bonds is 11. The van der Waals surface area contributed by atoms with E-state index < -0.39 is 99.0 Å². The van der Waals surface area contributed by atoms with Crippen LogP contribution >= 0.6 is 0 Å². The normalized spacial score (nSPS) is 41.3. The van der Waals surface area contributed by atoms with Crippen LogP contribution in [0.1, 0.15) is 72.1 Å². The van der Waals surface area contributed by atoms with Gasteiger partial charge in [-0.3, -0.25) is 13.5 Å². The number of aliphatic hydroxyl groups excluding tert-OH is 2. The van der Waals surface area contributed by atoms with Crippen molar-refractivity contribution in [1.82, 2.24) is 0 Å². The summed E-state index contributed by atoms with van der Waals surface area (Å²) < 4.78 is 95.1. The van der Waals surface area contributed by atoms with Gasteiger partial charge in [0.05, 0.1) is 18.8 Å². The smallest absolute Gasteiger partial charge is 0.726 e. The fourth-order valence-electron chi connectivity index (χ4n) is 9.81. The van der Waals surface area contributed by atoms with Crippen molar-refractivity contribution in [2.24, 2.45) is 40.4 Å². The summed E-state index contributed by atoms with van der Waals surface area (Å²) in [7, 11) is -11.1. The minimum atomic E-state index is -5.61. The summed E-state index contributed by atoms with van der Waals surface area (Å²) in [5.41, 5.74) is -0.410. The summed E-state index contributed by atoms with van der Waals surface area (Å²) in [5, 5.41) is 34.1. The molecule has 4 saturated carbocycles. The number of carboxylic acids is 1. The number of carboxylic acid groups (broad SMARTS) is 1. The fourth-order valence-corrected chi connectivity index (χ4v) is 10.8. The molecule has 1 unspecified atom stereocenters. The maximum Gasteiger partial charge on any atom is 1.00 e. The zero-order chi connectivity index (χ0) is 35.6. The molecule has 0 aromatic rings. The molecule has 274 valence electrons. The van der Waals surface area contributed by atoms with Gasteiger partial charge in [0, 0.05) is 23.7 Å². The van der Waals surface area contributed by atoms with E-state index >= 15 is 0 Å². The summed E-state index contributed by atoms with van der Waals surface area (Å²) in [6, 6.07) is 0. The van der Waals surface area contributed by atoms with Crippen molar-refractivity contribution < 1.29 is 176 Å². The van der Waals surface area contributed by atoms with Crippen molar-refractivity contribution in [3.05, 3.63) is 12.2 Å². The Morgan fingerprint density at radius 1 is 1.06 bits per heavy atom. The summed E-state index contributed by atoms with van der Waals surface area (Å²) in [6.07, 6.45) is -8.54. The molecule has 0 aromatic carbocycles. The van der Waals surface area contributed by atoms with Gasteiger partial charge in [-0.05, 0) is 79.6 Å². The molecule has 5 aliphatic rings. The molecule has 16 nitrogen and oxygen atoms in total. The predicted octanol–water partition coefficient (Wildman–Crippen LogP) is -6.00. The Labute approximate surface area is 377 Å². The molecule has 1 heterocycles. The van der Waals surface area contributed by atoms with Crippen molar-refractivity contribution in [3.63, 3.8) is 0 Å². The van der Waals surface area contributed by atoms with E-state index in [1.807, 2.05) is 6.92 Å². The van der Waals surface area contributed by atoms with Crippen LogP contribution in [-0.2, 0) is 53.0 Å². The van der Waals surface area contributed by atoms with Gasteiger partial charge >= 0.3 is 119 Å². The van der Waals surface area contributed by atoms with Gasteiger partial charge in [0.15, 0.2) is 18.5 Å². The van der Waals surface area contributed by atoms with E-state index in [2.05, 4.69) is 10.8 Å². The summed E-state index contributed by atoms with van der Waals surface area (Å²) >= 11 is 0. The van der Waals surface area contributed by atoms with Gasteiger partial charge in [-0.15, -0.1) is 0 Å². The average Bonchev–Trinajstić information content (AvgIpc) is 3.12. The minimum Gasteiger partial charge on any atom is -0.726 e. The number of aliphatic hydroxyl groups is 2.